The molecule has 14 nitrogen and oxygen atoms in total. The molecule has 6 rings (SSSR count). The second-order valence-electron chi connectivity index (χ2n) is 8.59. The number of tetrazole rings is 1. The first kappa shape index (κ1) is 23.7. The molecule has 14 heteroatoms. The lowest BCUT2D eigenvalue weighted by Gasteiger charge is -2.18. The fourth-order valence-electron chi connectivity index (χ4n) is 4.03. The molecule has 4 heterocycles. The van der Waals surface area contributed by atoms with Crippen molar-refractivity contribution in [2.45, 2.75) is 13.1 Å². The number of amides is 3. The molecule has 1 aliphatic rings. The second kappa shape index (κ2) is 10.0. The zero-order chi connectivity index (χ0) is 26.8. The molecule has 0 atom stereocenters. The first-order chi connectivity index (χ1) is 19.0. The van der Waals surface area contributed by atoms with E-state index >= 15 is 0 Å². The number of hydrogen-bond donors (Lipinski definition) is 4. The van der Waals surface area contributed by atoms with Gasteiger partial charge in [-0.05, 0) is 28.5 Å². The van der Waals surface area contributed by atoms with Crippen LogP contribution in [0.3, 0.4) is 0 Å². The molecule has 3 aromatic heterocycles. The molecular formula is C25H20N10O4. The summed E-state index contributed by atoms with van der Waals surface area (Å²) < 4.78 is 6.73. The number of aromatic nitrogens is 7. The molecule has 3 amide bonds. The van der Waals surface area contributed by atoms with Gasteiger partial charge >= 0.3 is 0 Å². The van der Waals surface area contributed by atoms with Crippen molar-refractivity contribution in [2.75, 3.05) is 11.9 Å². The minimum atomic E-state index is -0.470. The minimum Gasteiger partial charge on any atom is -0.482 e. The lowest BCUT2D eigenvalue weighted by molar-refractivity contribution is -0.118. The molecule has 0 radical (unpaired) electrons. The topological polar surface area (TPSA) is 181 Å². The van der Waals surface area contributed by atoms with Crippen molar-refractivity contribution in [1.82, 2.24) is 45.9 Å². The third-order valence-corrected chi connectivity index (χ3v) is 5.97. The van der Waals surface area contributed by atoms with E-state index in [0.717, 1.165) is 16.7 Å². The summed E-state index contributed by atoms with van der Waals surface area (Å²) in [5.41, 5.74) is 3.51. The molecule has 0 aliphatic carbocycles. The summed E-state index contributed by atoms with van der Waals surface area (Å²) in [6.45, 7) is 0.390. The van der Waals surface area contributed by atoms with Crippen LogP contribution in [0.4, 0.5) is 5.69 Å². The molecule has 0 saturated heterocycles. The van der Waals surface area contributed by atoms with Gasteiger partial charge in [-0.2, -0.15) is 10.3 Å². The number of benzene rings is 2. The fourth-order valence-corrected chi connectivity index (χ4v) is 4.03. The van der Waals surface area contributed by atoms with Gasteiger partial charge in [-0.15, -0.1) is 10.2 Å². The summed E-state index contributed by atoms with van der Waals surface area (Å²) in [5, 5.41) is 26.4. The van der Waals surface area contributed by atoms with Gasteiger partial charge in [0, 0.05) is 30.8 Å². The zero-order valence-electron chi connectivity index (χ0n) is 20.2. The Hall–Kier alpha value is -5.66. The molecule has 0 bridgehead atoms. The summed E-state index contributed by atoms with van der Waals surface area (Å²) in [6.07, 6.45) is 1.50. The summed E-state index contributed by atoms with van der Waals surface area (Å²) >= 11 is 0. The average molecular weight is 525 g/mol. The Kier molecular flexibility index (Phi) is 6.09. The maximum Gasteiger partial charge on any atom is 0.270 e. The van der Waals surface area contributed by atoms with E-state index in [2.05, 4.69) is 46.7 Å². The zero-order valence-corrected chi connectivity index (χ0v) is 20.2. The normalized spacial score (nSPS) is 12.4. The van der Waals surface area contributed by atoms with E-state index in [-0.39, 0.29) is 37.0 Å². The van der Waals surface area contributed by atoms with Gasteiger partial charge in [0.2, 0.25) is 5.82 Å². The smallest absolute Gasteiger partial charge is 0.270 e. The highest BCUT2D eigenvalue weighted by atomic mass is 16.5. The van der Waals surface area contributed by atoms with E-state index in [4.69, 9.17) is 4.74 Å². The lowest BCUT2D eigenvalue weighted by atomic mass is 10.1. The molecule has 39 heavy (non-hydrogen) atoms. The number of hydrogen-bond acceptors (Lipinski definition) is 9. The number of fused-ring (bicyclic) bond motifs is 2. The van der Waals surface area contributed by atoms with Gasteiger partial charge in [0.15, 0.2) is 12.3 Å². The summed E-state index contributed by atoms with van der Waals surface area (Å²) in [5.74, 6) is -0.0953. The highest BCUT2D eigenvalue weighted by Gasteiger charge is 2.19. The van der Waals surface area contributed by atoms with Crippen LogP contribution < -0.4 is 20.7 Å². The van der Waals surface area contributed by atoms with E-state index in [1.54, 1.807) is 24.3 Å². The molecule has 4 N–H and O–H groups in total. The predicted octanol–water partition coefficient (Wildman–Crippen LogP) is 1.10. The number of carbonyl (C=O) groups excluding carboxylic acids is 3. The molecule has 0 spiro atoms. The second-order valence-corrected chi connectivity index (χ2v) is 8.59. The molecule has 1 aliphatic heterocycles. The Morgan fingerprint density at radius 1 is 0.974 bits per heavy atom. The average Bonchev–Trinajstić information content (AvgIpc) is 3.67. The quantitative estimate of drug-likeness (QED) is 0.242. The molecule has 0 unspecified atom stereocenters. The van der Waals surface area contributed by atoms with E-state index in [9.17, 15) is 14.4 Å². The number of anilines is 1. The summed E-state index contributed by atoms with van der Waals surface area (Å²) in [7, 11) is 0. The maximum absolute atomic E-state index is 13.1. The standard InChI is InChI=1S/C25H20N10O4/c36-22-13-39-20-6-3-15(9-17(20)30-22)12-26-24(37)18-10-19(35-21(29-18)7-8-28-35)25(38)27-11-14-1-4-16(5-2-14)23-31-33-34-32-23/h1-10H,11-13H2,(H,26,37)(H,27,38)(H,30,36)(H,31,32,33,34). The predicted molar refractivity (Wildman–Crippen MR) is 136 cm³/mol. The largest absolute Gasteiger partial charge is 0.482 e. The molecule has 2 aromatic carbocycles. The number of nitrogens with one attached hydrogen (secondary N) is 4. The number of aromatic amines is 1. The number of carbonyl (C=O) groups is 3. The van der Waals surface area contributed by atoms with Gasteiger partial charge in [0.25, 0.3) is 17.7 Å². The lowest BCUT2D eigenvalue weighted by Crippen LogP contribution is -2.28. The van der Waals surface area contributed by atoms with Crippen molar-refractivity contribution in [3.8, 4) is 17.1 Å². The van der Waals surface area contributed by atoms with Crippen LogP contribution in [0.1, 0.15) is 32.1 Å². The van der Waals surface area contributed by atoms with Gasteiger partial charge in [0.1, 0.15) is 17.1 Å². The van der Waals surface area contributed by atoms with Crippen LogP contribution in [0.15, 0.2) is 60.8 Å². The number of nitrogens with zero attached hydrogens (tertiary/aromatic N) is 6. The van der Waals surface area contributed by atoms with Gasteiger partial charge < -0.3 is 20.7 Å². The monoisotopic (exact) mass is 524 g/mol. The first-order valence-corrected chi connectivity index (χ1v) is 11.8. The van der Waals surface area contributed by atoms with Crippen LogP contribution in [0.5, 0.6) is 5.75 Å². The molecular weight excluding hydrogens is 504 g/mol. The van der Waals surface area contributed by atoms with Crippen LogP contribution in [0.25, 0.3) is 17.0 Å². The Labute approximate surface area is 219 Å². The summed E-state index contributed by atoms with van der Waals surface area (Å²) in [4.78, 5) is 42.0. The van der Waals surface area contributed by atoms with Crippen LogP contribution >= 0.6 is 0 Å². The SMILES string of the molecule is O=C1COc2ccc(CNC(=O)c3cc(C(=O)NCc4ccc(-c5nn[nH]n5)cc4)n4nccc4n3)cc2N1. The van der Waals surface area contributed by atoms with Crippen LogP contribution in [0.2, 0.25) is 0 Å². The van der Waals surface area contributed by atoms with Gasteiger partial charge in [-0.25, -0.2) is 9.50 Å². The molecule has 5 aromatic rings. The fraction of sp³-hybridized carbons (Fsp3) is 0.120. The van der Waals surface area contributed by atoms with Crippen LogP contribution in [-0.4, -0.2) is 59.6 Å². The molecule has 194 valence electrons. The van der Waals surface area contributed by atoms with Crippen molar-refractivity contribution in [1.29, 1.82) is 0 Å². The Morgan fingerprint density at radius 3 is 2.59 bits per heavy atom. The van der Waals surface area contributed by atoms with E-state index < -0.39 is 11.8 Å². The minimum absolute atomic E-state index is 0.0322. The molecule has 0 saturated carbocycles. The van der Waals surface area contributed by atoms with E-state index in [1.807, 2.05) is 24.3 Å². The molecule has 0 fully saturated rings. The first-order valence-electron chi connectivity index (χ1n) is 11.8. The van der Waals surface area contributed by atoms with Crippen molar-refractivity contribution >= 4 is 29.1 Å². The van der Waals surface area contributed by atoms with Crippen molar-refractivity contribution < 1.29 is 19.1 Å². The summed E-state index contributed by atoms with van der Waals surface area (Å²) in [6, 6.07) is 15.6. The maximum atomic E-state index is 13.1. The number of rotatable bonds is 7. The third-order valence-electron chi connectivity index (χ3n) is 5.97. The number of H-pyrrole nitrogens is 1. The van der Waals surface area contributed by atoms with Crippen molar-refractivity contribution in [3.63, 3.8) is 0 Å². The Morgan fingerprint density at radius 2 is 1.77 bits per heavy atom. The van der Waals surface area contributed by atoms with Crippen molar-refractivity contribution in [3.05, 3.63) is 83.3 Å². The van der Waals surface area contributed by atoms with Gasteiger partial charge in [0.05, 0.1) is 11.9 Å². The number of ether oxygens (including phenoxy) is 1. The Bertz CT molecular complexity index is 1700. The van der Waals surface area contributed by atoms with Gasteiger partial charge in [-0.1, -0.05) is 30.3 Å². The van der Waals surface area contributed by atoms with Crippen LogP contribution in [0, 0.1) is 0 Å². The van der Waals surface area contributed by atoms with E-state index in [1.165, 1.54) is 16.8 Å². The van der Waals surface area contributed by atoms with E-state index in [0.29, 0.717) is 22.9 Å². The van der Waals surface area contributed by atoms with Crippen LogP contribution in [-0.2, 0) is 17.9 Å². The highest BCUT2D eigenvalue weighted by Crippen LogP contribution is 2.28. The highest BCUT2D eigenvalue weighted by molar-refractivity contribution is 5.98. The van der Waals surface area contributed by atoms with Crippen molar-refractivity contribution in [2.24, 2.45) is 0 Å². The third kappa shape index (κ3) is 4.98. The Balaban J connectivity index is 1.14. The van der Waals surface area contributed by atoms with Gasteiger partial charge in [-0.3, -0.25) is 14.4 Å².